The summed E-state index contributed by atoms with van der Waals surface area (Å²) in [6.45, 7) is 3.56. The van der Waals surface area contributed by atoms with Crippen molar-refractivity contribution in [2.24, 2.45) is 11.8 Å². The van der Waals surface area contributed by atoms with E-state index in [-0.39, 0.29) is 5.92 Å². The van der Waals surface area contributed by atoms with Crippen molar-refractivity contribution in [1.82, 2.24) is 15.1 Å². The Morgan fingerprint density at radius 2 is 1.66 bits per heavy atom. The maximum Gasteiger partial charge on any atom is 0.225 e. The summed E-state index contributed by atoms with van der Waals surface area (Å²) in [5.74, 6) is 2.12. The Balaban J connectivity index is 1.09. The zero-order valence-corrected chi connectivity index (χ0v) is 19.2. The number of piperidine rings is 2. The normalized spacial score (nSPS) is 18.1. The van der Waals surface area contributed by atoms with Crippen LogP contribution in [0.25, 0.3) is 10.6 Å². The number of amides is 1. The number of carbonyl (C=O) groups excluding carboxylic acids is 1. The molecule has 2 aliphatic heterocycles. The summed E-state index contributed by atoms with van der Waals surface area (Å²) >= 11 is 1.68. The zero-order valence-electron chi connectivity index (χ0n) is 18.4. The van der Waals surface area contributed by atoms with Gasteiger partial charge in [0.2, 0.25) is 5.91 Å². The van der Waals surface area contributed by atoms with Crippen LogP contribution in [0.4, 0.5) is 5.82 Å². The largest absolute Gasteiger partial charge is 0.355 e. The predicted octanol–water partition coefficient (Wildman–Crippen LogP) is 4.90. The van der Waals surface area contributed by atoms with E-state index in [1.807, 2.05) is 12.1 Å². The molecule has 2 saturated heterocycles. The number of thiophene rings is 1. The lowest BCUT2D eigenvalue weighted by molar-refractivity contribution is -0.137. The van der Waals surface area contributed by atoms with Crippen LogP contribution in [0.15, 0.2) is 60.0 Å². The summed E-state index contributed by atoms with van der Waals surface area (Å²) in [7, 11) is 0. The highest BCUT2D eigenvalue weighted by atomic mass is 32.1. The van der Waals surface area contributed by atoms with Gasteiger partial charge >= 0.3 is 0 Å². The zero-order chi connectivity index (χ0) is 21.8. The van der Waals surface area contributed by atoms with Crippen molar-refractivity contribution in [1.29, 1.82) is 0 Å². The van der Waals surface area contributed by atoms with Gasteiger partial charge in [0.05, 0.1) is 4.88 Å². The third-order valence-electron chi connectivity index (χ3n) is 6.89. The molecule has 5 rings (SSSR count). The summed E-state index contributed by atoms with van der Waals surface area (Å²) in [6.07, 6.45) is 5.17. The van der Waals surface area contributed by atoms with Crippen LogP contribution in [0.5, 0.6) is 0 Å². The quantitative estimate of drug-likeness (QED) is 0.559. The standard InChI is InChI=1S/C26H30N4OS/c31-26(30-14-10-21(11-15-30)19-20-5-2-1-3-6-20)22-12-16-29(17-13-22)25-9-8-23(27-28-25)24-7-4-18-32-24/h1-9,18,21-22H,10-17,19H2. The summed E-state index contributed by atoms with van der Waals surface area (Å²) in [4.78, 5) is 18.6. The molecule has 166 valence electrons. The molecular weight excluding hydrogens is 416 g/mol. The molecule has 2 fully saturated rings. The first-order valence-corrected chi connectivity index (χ1v) is 12.6. The Labute approximate surface area is 194 Å². The Bertz CT molecular complexity index is 990. The first-order valence-electron chi connectivity index (χ1n) is 11.7. The monoisotopic (exact) mass is 446 g/mol. The second kappa shape index (κ2) is 9.82. The molecule has 2 aliphatic rings. The van der Waals surface area contributed by atoms with E-state index in [2.05, 4.69) is 67.8 Å². The van der Waals surface area contributed by atoms with Gasteiger partial charge in [-0.2, -0.15) is 0 Å². The molecular formula is C26H30N4OS. The van der Waals surface area contributed by atoms with E-state index >= 15 is 0 Å². The van der Waals surface area contributed by atoms with Gasteiger partial charge in [0.1, 0.15) is 5.69 Å². The number of aromatic nitrogens is 2. The van der Waals surface area contributed by atoms with Gasteiger partial charge in [0, 0.05) is 32.1 Å². The topological polar surface area (TPSA) is 49.3 Å². The fraction of sp³-hybridized carbons (Fsp3) is 0.423. The highest BCUT2D eigenvalue weighted by molar-refractivity contribution is 7.13. The molecule has 4 heterocycles. The molecule has 6 heteroatoms. The lowest BCUT2D eigenvalue weighted by Crippen LogP contribution is -2.45. The van der Waals surface area contributed by atoms with Crippen LogP contribution in [0, 0.1) is 11.8 Å². The Morgan fingerprint density at radius 3 is 2.31 bits per heavy atom. The number of hydrogen-bond acceptors (Lipinski definition) is 5. The average molecular weight is 447 g/mol. The van der Waals surface area contributed by atoms with Crippen LogP contribution in [-0.4, -0.2) is 47.2 Å². The molecule has 3 aromatic rings. The second-order valence-electron chi connectivity index (χ2n) is 8.97. The molecule has 0 unspecified atom stereocenters. The number of carbonyl (C=O) groups is 1. The van der Waals surface area contributed by atoms with Gasteiger partial charge in [0.15, 0.2) is 5.82 Å². The predicted molar refractivity (Wildman–Crippen MR) is 130 cm³/mol. The third-order valence-corrected chi connectivity index (χ3v) is 7.78. The molecule has 0 radical (unpaired) electrons. The first kappa shape index (κ1) is 21.1. The molecule has 0 spiro atoms. The van der Waals surface area contributed by atoms with Crippen LogP contribution in [0.3, 0.4) is 0 Å². The van der Waals surface area contributed by atoms with Crippen LogP contribution in [0.1, 0.15) is 31.2 Å². The number of hydrogen-bond donors (Lipinski definition) is 0. The molecule has 0 saturated carbocycles. The van der Waals surface area contributed by atoms with E-state index in [9.17, 15) is 4.79 Å². The van der Waals surface area contributed by atoms with Gasteiger partial charge in [-0.3, -0.25) is 4.79 Å². The SMILES string of the molecule is O=C(C1CCN(c2ccc(-c3cccs3)nn2)CC1)N1CCC(Cc2ccccc2)CC1. The van der Waals surface area contributed by atoms with E-state index in [0.717, 1.165) is 74.7 Å². The highest BCUT2D eigenvalue weighted by Crippen LogP contribution is 2.28. The van der Waals surface area contributed by atoms with Crippen LogP contribution < -0.4 is 4.90 Å². The smallest absolute Gasteiger partial charge is 0.225 e. The minimum Gasteiger partial charge on any atom is -0.355 e. The fourth-order valence-electron chi connectivity index (χ4n) is 4.97. The van der Waals surface area contributed by atoms with Crippen molar-refractivity contribution in [3.05, 3.63) is 65.5 Å². The lowest BCUT2D eigenvalue weighted by atomic mass is 9.88. The van der Waals surface area contributed by atoms with Gasteiger partial charge in [-0.25, -0.2) is 0 Å². The summed E-state index contributed by atoms with van der Waals surface area (Å²) in [6, 6.07) is 18.9. The van der Waals surface area contributed by atoms with E-state index in [4.69, 9.17) is 0 Å². The molecule has 2 aromatic heterocycles. The number of anilines is 1. The van der Waals surface area contributed by atoms with Crippen LogP contribution in [0.2, 0.25) is 0 Å². The van der Waals surface area contributed by atoms with Crippen molar-refractivity contribution in [2.45, 2.75) is 32.1 Å². The van der Waals surface area contributed by atoms with Crippen molar-refractivity contribution in [3.8, 4) is 10.6 Å². The van der Waals surface area contributed by atoms with Crippen molar-refractivity contribution >= 4 is 23.1 Å². The Hall–Kier alpha value is -2.73. The number of benzene rings is 1. The Morgan fingerprint density at radius 1 is 0.875 bits per heavy atom. The van der Waals surface area contributed by atoms with Crippen molar-refractivity contribution in [3.63, 3.8) is 0 Å². The van der Waals surface area contributed by atoms with E-state index < -0.39 is 0 Å². The van der Waals surface area contributed by atoms with E-state index in [0.29, 0.717) is 11.8 Å². The third kappa shape index (κ3) is 4.85. The van der Waals surface area contributed by atoms with Gasteiger partial charge in [-0.15, -0.1) is 21.5 Å². The van der Waals surface area contributed by atoms with Gasteiger partial charge < -0.3 is 9.80 Å². The maximum absolute atomic E-state index is 13.1. The van der Waals surface area contributed by atoms with Crippen LogP contribution >= 0.6 is 11.3 Å². The number of rotatable bonds is 5. The molecule has 0 N–H and O–H groups in total. The fourth-order valence-corrected chi connectivity index (χ4v) is 5.66. The molecule has 1 aromatic carbocycles. The Kier molecular flexibility index (Phi) is 6.49. The molecule has 0 bridgehead atoms. The first-order chi connectivity index (χ1) is 15.8. The molecule has 5 nitrogen and oxygen atoms in total. The van der Waals surface area contributed by atoms with E-state index in [1.54, 1.807) is 11.3 Å². The average Bonchev–Trinajstić information content (AvgIpc) is 3.40. The summed E-state index contributed by atoms with van der Waals surface area (Å²) in [5, 5.41) is 10.9. The van der Waals surface area contributed by atoms with Gasteiger partial charge in [-0.1, -0.05) is 36.4 Å². The number of likely N-dealkylation sites (tertiary alicyclic amines) is 1. The molecule has 1 amide bonds. The highest BCUT2D eigenvalue weighted by Gasteiger charge is 2.31. The lowest BCUT2D eigenvalue weighted by Gasteiger charge is -2.37. The van der Waals surface area contributed by atoms with Gasteiger partial charge in [-0.05, 0) is 67.2 Å². The van der Waals surface area contributed by atoms with Crippen molar-refractivity contribution < 1.29 is 4.79 Å². The summed E-state index contributed by atoms with van der Waals surface area (Å²) in [5.41, 5.74) is 2.33. The molecule has 0 atom stereocenters. The minimum absolute atomic E-state index is 0.148. The molecule has 0 aliphatic carbocycles. The summed E-state index contributed by atoms with van der Waals surface area (Å²) < 4.78 is 0. The maximum atomic E-state index is 13.1. The number of nitrogens with zero attached hydrogens (tertiary/aromatic N) is 4. The van der Waals surface area contributed by atoms with Gasteiger partial charge in [0.25, 0.3) is 0 Å². The van der Waals surface area contributed by atoms with E-state index in [1.165, 1.54) is 5.56 Å². The molecule has 32 heavy (non-hydrogen) atoms. The second-order valence-corrected chi connectivity index (χ2v) is 9.92. The van der Waals surface area contributed by atoms with Crippen molar-refractivity contribution in [2.75, 3.05) is 31.1 Å². The minimum atomic E-state index is 0.148. The van der Waals surface area contributed by atoms with Crippen LogP contribution in [-0.2, 0) is 11.2 Å².